The second-order valence-corrected chi connectivity index (χ2v) is 22.0. The van der Waals surface area contributed by atoms with Gasteiger partial charge >= 0.3 is 0 Å². The second kappa shape index (κ2) is 11.8. The molecule has 254 valence electrons. The normalized spacial score (nSPS) is 14.1. The quantitative estimate of drug-likeness (QED) is 0.0910. The average molecular weight is 742 g/mol. The van der Waals surface area contributed by atoms with Crippen molar-refractivity contribution in [2.45, 2.75) is 19.3 Å². The number of ether oxygens (including phenoxy) is 1. The summed E-state index contributed by atoms with van der Waals surface area (Å²) in [5.74, 6) is -27.7. The average Bonchev–Trinajstić information content (AvgIpc) is 2.99. The van der Waals surface area contributed by atoms with Gasteiger partial charge in [-0.05, 0) is 11.5 Å². The Bertz CT molecular complexity index is 2130. The predicted molar refractivity (Wildman–Crippen MR) is 158 cm³/mol. The van der Waals surface area contributed by atoms with Gasteiger partial charge in [-0.3, -0.25) is 0 Å². The summed E-state index contributed by atoms with van der Waals surface area (Å²) in [5, 5.41) is -0.426. The SMILES string of the molecule is CC1(C)c2cccc(B(c3c(F)c(F)c(F)c(F)c3F)c3c(F)c(F)c(F)c(F)c3F)c2Oc2c(P(S(C)(=O)=O)S(C)(=O)=O)cccc21. The molecule has 5 nitrogen and oxygen atoms in total. The highest BCUT2D eigenvalue weighted by Gasteiger charge is 2.46. The Kier molecular flexibility index (Phi) is 8.74. The van der Waals surface area contributed by atoms with E-state index < -0.39 is 129 Å². The lowest BCUT2D eigenvalue weighted by molar-refractivity contribution is 0.382. The number of fused-ring (bicyclic) bond motifs is 2. The van der Waals surface area contributed by atoms with Crippen molar-refractivity contribution in [1.29, 1.82) is 0 Å². The molecule has 48 heavy (non-hydrogen) atoms. The minimum Gasteiger partial charge on any atom is -0.457 e. The van der Waals surface area contributed by atoms with Crippen molar-refractivity contribution >= 4 is 53.6 Å². The fraction of sp³-hybridized carbons (Fsp3) is 0.172. The van der Waals surface area contributed by atoms with Crippen LogP contribution in [0.4, 0.5) is 43.9 Å². The summed E-state index contributed by atoms with van der Waals surface area (Å²) in [5.41, 5.74) is -6.23. The highest BCUT2D eigenvalue weighted by molar-refractivity contribution is 8.84. The molecule has 19 heteroatoms. The van der Waals surface area contributed by atoms with E-state index in [0.717, 1.165) is 18.2 Å². The molecule has 0 unspecified atom stereocenters. The third kappa shape index (κ3) is 5.36. The van der Waals surface area contributed by atoms with E-state index >= 15 is 17.6 Å². The number of hydrogen-bond acceptors (Lipinski definition) is 5. The van der Waals surface area contributed by atoms with Gasteiger partial charge in [0, 0.05) is 45.3 Å². The Morgan fingerprint density at radius 1 is 0.562 bits per heavy atom. The molecule has 1 aliphatic heterocycles. The maximum Gasteiger partial charge on any atom is 0.261 e. The molecule has 0 saturated carbocycles. The van der Waals surface area contributed by atoms with Gasteiger partial charge in [0.1, 0.15) is 11.5 Å². The third-order valence-electron chi connectivity index (χ3n) is 7.77. The van der Waals surface area contributed by atoms with E-state index in [2.05, 4.69) is 0 Å². The fourth-order valence-electron chi connectivity index (χ4n) is 5.71. The lowest BCUT2D eigenvalue weighted by Gasteiger charge is -2.37. The highest BCUT2D eigenvalue weighted by Crippen LogP contribution is 2.54. The van der Waals surface area contributed by atoms with Crippen LogP contribution in [0.25, 0.3) is 0 Å². The minimum absolute atomic E-state index is 0.0366. The van der Waals surface area contributed by atoms with Gasteiger partial charge in [-0.2, -0.15) is 0 Å². The molecule has 0 N–H and O–H groups in total. The molecular formula is C29H18BF10O5PS2. The molecule has 0 amide bonds. The van der Waals surface area contributed by atoms with Crippen molar-refractivity contribution in [2.24, 2.45) is 0 Å². The summed E-state index contributed by atoms with van der Waals surface area (Å²) in [6.45, 7) is -0.0595. The first-order valence-corrected chi connectivity index (χ1v) is 19.6. The summed E-state index contributed by atoms with van der Waals surface area (Å²) in [7, 11) is -8.85. The lowest BCUT2D eigenvalue weighted by Crippen LogP contribution is -2.58. The maximum atomic E-state index is 15.4. The Labute approximate surface area is 267 Å². The molecule has 4 aromatic carbocycles. The van der Waals surface area contributed by atoms with Crippen molar-refractivity contribution in [3.8, 4) is 11.5 Å². The first kappa shape index (κ1) is 35.7. The fourth-order valence-corrected chi connectivity index (χ4v) is 16.4. The molecule has 0 atom stereocenters. The molecule has 0 aromatic heterocycles. The van der Waals surface area contributed by atoms with E-state index in [4.69, 9.17) is 4.74 Å². The van der Waals surface area contributed by atoms with E-state index in [1.54, 1.807) is 0 Å². The Balaban J connectivity index is 1.96. The van der Waals surface area contributed by atoms with Gasteiger partial charge in [0.05, 0.1) is 0 Å². The van der Waals surface area contributed by atoms with E-state index in [1.807, 2.05) is 0 Å². The van der Waals surface area contributed by atoms with Gasteiger partial charge in [0.15, 0.2) is 83.4 Å². The molecule has 0 fully saturated rings. The molecule has 0 saturated heterocycles. The van der Waals surface area contributed by atoms with Crippen LogP contribution in [0.3, 0.4) is 0 Å². The molecule has 4 aromatic rings. The topological polar surface area (TPSA) is 77.5 Å². The van der Waals surface area contributed by atoms with Crippen LogP contribution in [0.2, 0.25) is 0 Å². The standard InChI is InChI=1S/C29H18BF10O5PS2/c1-29(2)11-7-5-9-13(27(11)45-28-12(29)8-6-10-14(28)46(47(3,41)42)48(4,43)44)30(15-17(31)21(35)25(39)22(36)18(15)32)16-19(33)23(37)26(40)24(38)20(16)34/h5-10H,1-4H3. The highest BCUT2D eigenvalue weighted by atomic mass is 33.1. The van der Waals surface area contributed by atoms with Crippen molar-refractivity contribution in [2.75, 3.05) is 12.5 Å². The Morgan fingerprint density at radius 3 is 1.31 bits per heavy atom. The van der Waals surface area contributed by atoms with Crippen LogP contribution >= 0.6 is 6.33 Å². The first-order chi connectivity index (χ1) is 22.0. The van der Waals surface area contributed by atoms with E-state index in [0.29, 0.717) is 12.5 Å². The number of benzene rings is 4. The van der Waals surface area contributed by atoms with Gasteiger partial charge in [-0.15, -0.1) is 0 Å². The van der Waals surface area contributed by atoms with Gasteiger partial charge < -0.3 is 4.74 Å². The van der Waals surface area contributed by atoms with Crippen LogP contribution < -0.4 is 26.4 Å². The molecule has 0 aliphatic carbocycles. The molecule has 1 heterocycles. The monoisotopic (exact) mass is 742 g/mol. The van der Waals surface area contributed by atoms with Crippen molar-refractivity contribution < 1.29 is 65.5 Å². The van der Waals surface area contributed by atoms with Crippen molar-refractivity contribution in [1.82, 2.24) is 0 Å². The van der Waals surface area contributed by atoms with Crippen molar-refractivity contribution in [3.05, 3.63) is 106 Å². The van der Waals surface area contributed by atoms with Crippen molar-refractivity contribution in [3.63, 3.8) is 0 Å². The molecule has 0 radical (unpaired) electrons. The van der Waals surface area contributed by atoms with Crippen LogP contribution in [0, 0.1) is 58.2 Å². The van der Waals surface area contributed by atoms with E-state index in [9.17, 15) is 43.2 Å². The summed E-state index contributed by atoms with van der Waals surface area (Å²) in [4.78, 5) is 0. The van der Waals surface area contributed by atoms with Crippen LogP contribution in [0.1, 0.15) is 25.0 Å². The van der Waals surface area contributed by atoms with Crippen LogP contribution in [0.5, 0.6) is 11.5 Å². The number of rotatable bonds is 6. The largest absolute Gasteiger partial charge is 0.457 e. The summed E-state index contributed by atoms with van der Waals surface area (Å²) in [6, 6.07) is 6.96. The summed E-state index contributed by atoms with van der Waals surface area (Å²) >= 11 is 0. The van der Waals surface area contributed by atoms with Gasteiger partial charge in [0.2, 0.25) is 0 Å². The first-order valence-electron chi connectivity index (χ1n) is 13.2. The van der Waals surface area contributed by atoms with Gasteiger partial charge in [-0.1, -0.05) is 44.2 Å². The third-order valence-corrected chi connectivity index (χ3v) is 19.4. The van der Waals surface area contributed by atoms with Gasteiger partial charge in [-0.25, -0.2) is 60.7 Å². The number of hydrogen-bond donors (Lipinski definition) is 0. The minimum atomic E-state index is -4.43. The van der Waals surface area contributed by atoms with E-state index in [1.165, 1.54) is 32.0 Å². The molecule has 1 aliphatic rings. The summed E-state index contributed by atoms with van der Waals surface area (Å²) in [6.07, 6.45) is -1.88. The molecule has 0 spiro atoms. The Morgan fingerprint density at radius 2 is 0.917 bits per heavy atom. The molecular weight excluding hydrogens is 724 g/mol. The summed E-state index contributed by atoms with van der Waals surface area (Å²) < 4.78 is 205. The second-order valence-electron chi connectivity index (χ2n) is 11.2. The molecule has 0 bridgehead atoms. The van der Waals surface area contributed by atoms with E-state index in [-0.39, 0.29) is 11.1 Å². The lowest BCUT2D eigenvalue weighted by atomic mass is 9.35. The zero-order valence-corrected chi connectivity index (χ0v) is 27.2. The number of para-hydroxylation sites is 2. The molecule has 5 rings (SSSR count). The van der Waals surface area contributed by atoms with Crippen LogP contribution in [0.15, 0.2) is 36.4 Å². The predicted octanol–water partition coefficient (Wildman–Crippen LogP) is 5.05. The smallest absolute Gasteiger partial charge is 0.261 e. The van der Waals surface area contributed by atoms with Crippen LogP contribution in [-0.2, 0) is 24.3 Å². The maximum absolute atomic E-state index is 15.4. The van der Waals surface area contributed by atoms with Crippen LogP contribution in [-0.4, -0.2) is 36.1 Å². The zero-order valence-electron chi connectivity index (χ0n) is 24.6. The Hall–Kier alpha value is -3.63. The number of halogens is 10. The zero-order chi connectivity index (χ0) is 36.0. The van der Waals surface area contributed by atoms with Gasteiger partial charge in [0.25, 0.3) is 6.71 Å².